The number of rotatable bonds is 4. The summed E-state index contributed by atoms with van der Waals surface area (Å²) in [6.07, 6.45) is 1.92. The van der Waals surface area contributed by atoms with Gasteiger partial charge in [0.2, 0.25) is 0 Å². The molecule has 94 valence electrons. The monoisotopic (exact) mass is 304 g/mol. The van der Waals surface area contributed by atoms with E-state index in [0.717, 1.165) is 18.8 Å². The summed E-state index contributed by atoms with van der Waals surface area (Å²) in [4.78, 5) is 4.28. The molecular formula is C15H17BrN2. The minimum Gasteiger partial charge on any atom is -0.309 e. The molecular weight excluding hydrogens is 288 g/mol. The molecule has 2 nitrogen and oxygen atoms in total. The van der Waals surface area contributed by atoms with Gasteiger partial charge in [-0.05, 0) is 42.7 Å². The molecule has 0 unspecified atom stereocenters. The number of halogens is 1. The van der Waals surface area contributed by atoms with Gasteiger partial charge in [-0.15, -0.1) is 0 Å². The van der Waals surface area contributed by atoms with Crippen LogP contribution in [0.1, 0.15) is 22.4 Å². The summed E-state index contributed by atoms with van der Waals surface area (Å²) in [7, 11) is 0. The molecule has 0 radical (unpaired) electrons. The first-order valence-corrected chi connectivity index (χ1v) is 6.82. The third kappa shape index (κ3) is 3.65. The van der Waals surface area contributed by atoms with Crippen LogP contribution in [-0.4, -0.2) is 4.98 Å². The maximum atomic E-state index is 4.28. The number of aromatic nitrogens is 1. The van der Waals surface area contributed by atoms with E-state index in [9.17, 15) is 0 Å². The van der Waals surface area contributed by atoms with Crippen LogP contribution in [0.3, 0.4) is 0 Å². The predicted molar refractivity (Wildman–Crippen MR) is 78.4 cm³/mol. The van der Waals surface area contributed by atoms with Crippen LogP contribution in [0.2, 0.25) is 0 Å². The zero-order chi connectivity index (χ0) is 13.0. The van der Waals surface area contributed by atoms with E-state index in [0.29, 0.717) is 0 Å². The molecule has 0 spiro atoms. The largest absolute Gasteiger partial charge is 0.309 e. The fourth-order valence-corrected chi connectivity index (χ4v) is 2.13. The lowest BCUT2D eigenvalue weighted by atomic mass is 10.1. The first-order chi connectivity index (χ1) is 8.65. The average molecular weight is 305 g/mol. The molecule has 18 heavy (non-hydrogen) atoms. The molecule has 0 aliphatic heterocycles. The highest BCUT2D eigenvalue weighted by Crippen LogP contribution is 2.17. The van der Waals surface area contributed by atoms with Gasteiger partial charge in [-0.25, -0.2) is 0 Å². The highest BCUT2D eigenvalue weighted by atomic mass is 79.9. The summed E-state index contributed by atoms with van der Waals surface area (Å²) < 4.78 is 1.17. The Bertz CT molecular complexity index is 521. The normalized spacial score (nSPS) is 10.6. The fourth-order valence-electron chi connectivity index (χ4n) is 1.70. The van der Waals surface area contributed by atoms with E-state index in [4.69, 9.17) is 0 Å². The number of nitrogens with zero attached hydrogens (tertiary/aromatic N) is 1. The van der Waals surface area contributed by atoms with Crippen molar-refractivity contribution in [1.82, 2.24) is 10.3 Å². The molecule has 3 heteroatoms. The van der Waals surface area contributed by atoms with Gasteiger partial charge in [-0.1, -0.05) is 34.1 Å². The topological polar surface area (TPSA) is 24.9 Å². The molecule has 2 aromatic rings. The van der Waals surface area contributed by atoms with E-state index in [-0.39, 0.29) is 0 Å². The van der Waals surface area contributed by atoms with Crippen LogP contribution in [-0.2, 0) is 13.1 Å². The molecule has 0 aliphatic rings. The average Bonchev–Trinajstić information content (AvgIpc) is 2.36. The number of benzene rings is 1. The molecule has 0 amide bonds. The summed E-state index contributed by atoms with van der Waals surface area (Å²) in [6.45, 7) is 5.81. The maximum Gasteiger partial charge on any atom is 0.0372 e. The van der Waals surface area contributed by atoms with Crippen LogP contribution in [0.5, 0.6) is 0 Å². The molecule has 0 saturated carbocycles. The van der Waals surface area contributed by atoms with Gasteiger partial charge < -0.3 is 5.32 Å². The van der Waals surface area contributed by atoms with Gasteiger partial charge in [0.1, 0.15) is 0 Å². The van der Waals surface area contributed by atoms with E-state index in [1.165, 1.54) is 21.2 Å². The summed E-state index contributed by atoms with van der Waals surface area (Å²) in [5.74, 6) is 0. The number of hydrogen-bond acceptors (Lipinski definition) is 2. The van der Waals surface area contributed by atoms with Gasteiger partial charge in [0.05, 0.1) is 0 Å². The van der Waals surface area contributed by atoms with Crippen molar-refractivity contribution >= 4 is 15.9 Å². The molecule has 0 saturated heterocycles. The molecule has 1 N–H and O–H groups in total. The molecule has 2 rings (SSSR count). The number of pyridine rings is 1. The predicted octanol–water partition coefficient (Wildman–Crippen LogP) is 3.75. The molecule has 1 heterocycles. The van der Waals surface area contributed by atoms with E-state index in [1.807, 2.05) is 19.2 Å². The van der Waals surface area contributed by atoms with E-state index < -0.39 is 0 Å². The van der Waals surface area contributed by atoms with Gasteiger partial charge in [0.25, 0.3) is 0 Å². The Kier molecular flexibility index (Phi) is 4.50. The molecule has 0 fully saturated rings. The first-order valence-electron chi connectivity index (χ1n) is 6.02. The second-order valence-corrected chi connectivity index (χ2v) is 5.35. The smallest absolute Gasteiger partial charge is 0.0372 e. The van der Waals surface area contributed by atoms with Gasteiger partial charge in [0.15, 0.2) is 0 Å². The lowest BCUT2D eigenvalue weighted by Crippen LogP contribution is -2.12. The van der Waals surface area contributed by atoms with Gasteiger partial charge in [0, 0.05) is 29.5 Å². The van der Waals surface area contributed by atoms with Crippen molar-refractivity contribution in [3.05, 3.63) is 63.4 Å². The Labute approximate surface area is 117 Å². The number of hydrogen-bond donors (Lipinski definition) is 1. The molecule has 0 atom stereocenters. The van der Waals surface area contributed by atoms with Crippen LogP contribution < -0.4 is 5.32 Å². The van der Waals surface area contributed by atoms with Crippen molar-refractivity contribution in [2.24, 2.45) is 0 Å². The molecule has 1 aromatic heterocycles. The summed E-state index contributed by atoms with van der Waals surface area (Å²) in [5.41, 5.74) is 4.82. The standard InChI is InChI=1S/C15H17BrN2/c1-11-3-5-13(7-15(11)16)8-17-9-14-6-4-12(2)18-10-14/h3-7,10,17H,8-9H2,1-2H3. The highest BCUT2D eigenvalue weighted by Gasteiger charge is 1.98. The van der Waals surface area contributed by atoms with Crippen LogP contribution in [0.4, 0.5) is 0 Å². The van der Waals surface area contributed by atoms with Gasteiger partial charge in [-0.3, -0.25) is 4.98 Å². The second-order valence-electron chi connectivity index (χ2n) is 4.49. The quantitative estimate of drug-likeness (QED) is 0.930. The Balaban J connectivity index is 1.88. The SMILES string of the molecule is Cc1ccc(CNCc2ccc(C)c(Br)c2)cn1. The zero-order valence-corrected chi connectivity index (χ0v) is 12.3. The number of aryl methyl sites for hydroxylation is 2. The van der Waals surface area contributed by atoms with Crippen molar-refractivity contribution in [2.45, 2.75) is 26.9 Å². The van der Waals surface area contributed by atoms with Crippen LogP contribution in [0, 0.1) is 13.8 Å². The minimum absolute atomic E-state index is 0.846. The fraction of sp³-hybridized carbons (Fsp3) is 0.267. The Morgan fingerprint density at radius 3 is 2.44 bits per heavy atom. The summed E-state index contributed by atoms with van der Waals surface area (Å²) in [5, 5.41) is 3.42. The van der Waals surface area contributed by atoms with E-state index in [1.54, 1.807) is 0 Å². The summed E-state index contributed by atoms with van der Waals surface area (Å²) >= 11 is 3.55. The summed E-state index contributed by atoms with van der Waals surface area (Å²) in [6, 6.07) is 10.6. The molecule has 0 bridgehead atoms. The third-order valence-corrected chi connectivity index (χ3v) is 3.72. The van der Waals surface area contributed by atoms with Crippen molar-refractivity contribution in [3.8, 4) is 0 Å². The van der Waals surface area contributed by atoms with Crippen molar-refractivity contribution in [2.75, 3.05) is 0 Å². The van der Waals surface area contributed by atoms with Crippen LogP contribution >= 0.6 is 15.9 Å². The van der Waals surface area contributed by atoms with Crippen LogP contribution in [0.15, 0.2) is 41.0 Å². The van der Waals surface area contributed by atoms with Gasteiger partial charge >= 0.3 is 0 Å². The third-order valence-electron chi connectivity index (χ3n) is 2.87. The minimum atomic E-state index is 0.846. The Morgan fingerprint density at radius 2 is 1.78 bits per heavy atom. The highest BCUT2D eigenvalue weighted by molar-refractivity contribution is 9.10. The van der Waals surface area contributed by atoms with Crippen molar-refractivity contribution < 1.29 is 0 Å². The molecule has 0 aliphatic carbocycles. The second kappa shape index (κ2) is 6.12. The molecule has 1 aromatic carbocycles. The lowest BCUT2D eigenvalue weighted by Gasteiger charge is -2.07. The first kappa shape index (κ1) is 13.2. The van der Waals surface area contributed by atoms with E-state index in [2.05, 4.69) is 57.4 Å². The van der Waals surface area contributed by atoms with Crippen LogP contribution in [0.25, 0.3) is 0 Å². The zero-order valence-electron chi connectivity index (χ0n) is 10.7. The maximum absolute atomic E-state index is 4.28. The Hall–Kier alpha value is -1.19. The van der Waals surface area contributed by atoms with E-state index >= 15 is 0 Å². The van der Waals surface area contributed by atoms with Gasteiger partial charge in [-0.2, -0.15) is 0 Å². The number of nitrogens with one attached hydrogen (secondary N) is 1. The lowest BCUT2D eigenvalue weighted by molar-refractivity contribution is 0.690. The van der Waals surface area contributed by atoms with Crippen molar-refractivity contribution in [3.63, 3.8) is 0 Å². The Morgan fingerprint density at radius 1 is 1.06 bits per heavy atom. The van der Waals surface area contributed by atoms with Crippen molar-refractivity contribution in [1.29, 1.82) is 0 Å².